The molecular formula is C16H22BrNO2. The largest absolute Gasteiger partial charge is 0.493 e. The van der Waals surface area contributed by atoms with E-state index < -0.39 is 5.91 Å². The number of alkyl halides is 1. The summed E-state index contributed by atoms with van der Waals surface area (Å²) in [6.07, 6.45) is 7.69. The molecule has 1 aromatic rings. The normalized spacial score (nSPS) is 18.2. The lowest BCUT2D eigenvalue weighted by Crippen LogP contribution is -2.30. The molecule has 2 N–H and O–H groups in total. The molecule has 0 unspecified atom stereocenters. The summed E-state index contributed by atoms with van der Waals surface area (Å²) in [5.74, 6) is 0.400. The summed E-state index contributed by atoms with van der Waals surface area (Å²) in [5, 5.41) is 0.985. The zero-order valence-corrected chi connectivity index (χ0v) is 13.3. The average Bonchev–Trinajstić information content (AvgIpc) is 2.72. The molecule has 20 heavy (non-hydrogen) atoms. The smallest absolute Gasteiger partial charge is 0.248 e. The Hall–Kier alpha value is -1.03. The molecule has 110 valence electrons. The zero-order chi connectivity index (χ0) is 14.4. The number of primary amides is 1. The Morgan fingerprint density at radius 1 is 1.15 bits per heavy atom. The van der Waals surface area contributed by atoms with Gasteiger partial charge in [-0.2, -0.15) is 0 Å². The van der Waals surface area contributed by atoms with Crippen LogP contribution in [0.1, 0.15) is 48.9 Å². The van der Waals surface area contributed by atoms with E-state index in [0.717, 1.165) is 17.7 Å². The quantitative estimate of drug-likeness (QED) is 0.653. The minimum Gasteiger partial charge on any atom is -0.493 e. The van der Waals surface area contributed by atoms with E-state index in [2.05, 4.69) is 15.9 Å². The van der Waals surface area contributed by atoms with Crippen LogP contribution >= 0.6 is 15.9 Å². The zero-order valence-electron chi connectivity index (χ0n) is 11.7. The fraction of sp³-hybridized carbons (Fsp3) is 0.562. The summed E-state index contributed by atoms with van der Waals surface area (Å²) in [4.78, 5) is 11.0. The van der Waals surface area contributed by atoms with Crippen LogP contribution in [0.2, 0.25) is 0 Å². The van der Waals surface area contributed by atoms with Gasteiger partial charge in [0, 0.05) is 16.3 Å². The Bertz CT molecular complexity index is 436. The number of halogens is 1. The third kappa shape index (κ3) is 3.98. The Morgan fingerprint density at radius 3 is 2.25 bits per heavy atom. The number of ether oxygens (including phenoxy) is 1. The minimum atomic E-state index is -0.405. The molecule has 3 nitrogen and oxygen atoms in total. The van der Waals surface area contributed by atoms with Gasteiger partial charge in [-0.05, 0) is 37.1 Å². The van der Waals surface area contributed by atoms with E-state index >= 15 is 0 Å². The average molecular weight is 340 g/mol. The molecule has 0 heterocycles. The van der Waals surface area contributed by atoms with Crippen LogP contribution in [-0.4, -0.2) is 17.8 Å². The van der Waals surface area contributed by atoms with E-state index in [1.807, 2.05) is 12.1 Å². The topological polar surface area (TPSA) is 52.3 Å². The van der Waals surface area contributed by atoms with E-state index in [0.29, 0.717) is 5.56 Å². The molecule has 1 aliphatic rings. The molecule has 1 amide bonds. The van der Waals surface area contributed by atoms with Crippen LogP contribution in [0.4, 0.5) is 0 Å². The first-order chi connectivity index (χ1) is 9.65. The van der Waals surface area contributed by atoms with Crippen LogP contribution < -0.4 is 10.5 Å². The fourth-order valence-electron chi connectivity index (χ4n) is 2.75. The minimum absolute atomic E-state index is 0.249. The van der Waals surface area contributed by atoms with Crippen LogP contribution in [0, 0.1) is 5.41 Å². The van der Waals surface area contributed by atoms with E-state index in [1.54, 1.807) is 12.1 Å². The molecule has 1 fully saturated rings. The maximum atomic E-state index is 11.0. The maximum Gasteiger partial charge on any atom is 0.248 e. The van der Waals surface area contributed by atoms with Crippen molar-refractivity contribution in [3.05, 3.63) is 29.8 Å². The van der Waals surface area contributed by atoms with Gasteiger partial charge in [0.05, 0.1) is 6.61 Å². The molecule has 1 aliphatic carbocycles. The number of amides is 1. The molecule has 0 atom stereocenters. The molecule has 2 rings (SSSR count). The Balaban J connectivity index is 1.96. The number of hydrogen-bond donors (Lipinski definition) is 1. The lowest BCUT2D eigenvalue weighted by molar-refractivity contribution is 0.1000. The molecule has 0 aliphatic heterocycles. The first kappa shape index (κ1) is 15.4. The summed E-state index contributed by atoms with van der Waals surface area (Å²) in [7, 11) is 0. The van der Waals surface area contributed by atoms with Gasteiger partial charge in [0.2, 0.25) is 5.91 Å². The number of carbonyl (C=O) groups is 1. The molecule has 0 spiro atoms. The molecule has 1 aromatic carbocycles. The number of hydrogen-bond acceptors (Lipinski definition) is 2. The van der Waals surface area contributed by atoms with Gasteiger partial charge in [0.15, 0.2) is 0 Å². The van der Waals surface area contributed by atoms with Crippen molar-refractivity contribution in [3.8, 4) is 5.75 Å². The van der Waals surface area contributed by atoms with E-state index in [-0.39, 0.29) is 5.41 Å². The van der Waals surface area contributed by atoms with Crippen molar-refractivity contribution in [1.82, 2.24) is 0 Å². The lowest BCUT2D eigenvalue weighted by atomic mass is 9.83. The van der Waals surface area contributed by atoms with Gasteiger partial charge in [-0.25, -0.2) is 0 Å². The first-order valence-electron chi connectivity index (χ1n) is 7.24. The van der Waals surface area contributed by atoms with Crippen LogP contribution in [0.25, 0.3) is 0 Å². The summed E-state index contributed by atoms with van der Waals surface area (Å²) in [5.41, 5.74) is 5.99. The first-order valence-corrected chi connectivity index (χ1v) is 8.36. The summed E-state index contributed by atoms with van der Waals surface area (Å²) >= 11 is 3.67. The molecule has 4 heteroatoms. The highest BCUT2D eigenvalue weighted by Crippen LogP contribution is 2.37. The molecule has 0 bridgehead atoms. The molecule has 1 saturated carbocycles. The van der Waals surface area contributed by atoms with Crippen LogP contribution in [0.5, 0.6) is 5.75 Å². The Labute approximate surface area is 129 Å². The third-order valence-corrected chi connectivity index (χ3v) is 5.32. The van der Waals surface area contributed by atoms with Crippen molar-refractivity contribution in [3.63, 3.8) is 0 Å². The summed E-state index contributed by atoms with van der Waals surface area (Å²) in [6.45, 7) is 0.730. The number of rotatable bonds is 5. The number of nitrogens with two attached hydrogens (primary N) is 1. The van der Waals surface area contributed by atoms with Crippen molar-refractivity contribution in [1.29, 1.82) is 0 Å². The summed E-state index contributed by atoms with van der Waals surface area (Å²) < 4.78 is 5.95. The van der Waals surface area contributed by atoms with Gasteiger partial charge in [-0.15, -0.1) is 0 Å². The van der Waals surface area contributed by atoms with Crippen molar-refractivity contribution in [2.75, 3.05) is 11.9 Å². The highest BCUT2D eigenvalue weighted by molar-refractivity contribution is 9.09. The second-order valence-electron chi connectivity index (χ2n) is 5.73. The van der Waals surface area contributed by atoms with E-state index in [9.17, 15) is 4.79 Å². The molecule has 0 saturated heterocycles. The van der Waals surface area contributed by atoms with Gasteiger partial charge < -0.3 is 10.5 Å². The molecule has 0 aromatic heterocycles. The third-order valence-electron chi connectivity index (χ3n) is 4.13. The van der Waals surface area contributed by atoms with Crippen molar-refractivity contribution in [2.45, 2.75) is 38.5 Å². The van der Waals surface area contributed by atoms with Crippen molar-refractivity contribution < 1.29 is 9.53 Å². The van der Waals surface area contributed by atoms with Crippen LogP contribution in [-0.2, 0) is 0 Å². The molecular weight excluding hydrogens is 318 g/mol. The van der Waals surface area contributed by atoms with E-state index in [4.69, 9.17) is 10.5 Å². The maximum absolute atomic E-state index is 11.0. The SMILES string of the molecule is NC(=O)c1ccc(OCC2(CBr)CCCCCC2)cc1. The summed E-state index contributed by atoms with van der Waals surface area (Å²) in [6, 6.07) is 7.06. The van der Waals surface area contributed by atoms with Crippen LogP contribution in [0.15, 0.2) is 24.3 Å². The Kier molecular flexibility index (Phi) is 5.46. The highest BCUT2D eigenvalue weighted by atomic mass is 79.9. The predicted molar refractivity (Wildman–Crippen MR) is 84.4 cm³/mol. The standard InChI is InChI=1S/C16H22BrNO2/c17-11-16(9-3-1-2-4-10-16)12-20-14-7-5-13(6-8-14)15(18)19/h5-8H,1-4,9-12H2,(H2,18,19). The Morgan fingerprint density at radius 2 is 1.75 bits per heavy atom. The van der Waals surface area contributed by atoms with Crippen molar-refractivity contribution >= 4 is 21.8 Å². The predicted octanol–water partition coefficient (Wildman–Crippen LogP) is 3.90. The second kappa shape index (κ2) is 7.11. The molecule has 0 radical (unpaired) electrons. The van der Waals surface area contributed by atoms with Gasteiger partial charge >= 0.3 is 0 Å². The van der Waals surface area contributed by atoms with Gasteiger partial charge in [-0.3, -0.25) is 4.79 Å². The van der Waals surface area contributed by atoms with Gasteiger partial charge in [-0.1, -0.05) is 41.6 Å². The number of benzene rings is 1. The lowest BCUT2D eigenvalue weighted by Gasteiger charge is -2.30. The monoisotopic (exact) mass is 339 g/mol. The van der Waals surface area contributed by atoms with Crippen LogP contribution in [0.3, 0.4) is 0 Å². The van der Waals surface area contributed by atoms with E-state index in [1.165, 1.54) is 38.5 Å². The highest BCUT2D eigenvalue weighted by Gasteiger charge is 2.30. The van der Waals surface area contributed by atoms with Crippen molar-refractivity contribution in [2.24, 2.45) is 11.1 Å². The fourth-order valence-corrected chi connectivity index (χ4v) is 3.47. The van der Waals surface area contributed by atoms with Gasteiger partial charge in [0.25, 0.3) is 0 Å². The number of carbonyl (C=O) groups excluding carboxylic acids is 1. The van der Waals surface area contributed by atoms with Gasteiger partial charge in [0.1, 0.15) is 5.75 Å². The second-order valence-corrected chi connectivity index (χ2v) is 6.29.